The van der Waals surface area contributed by atoms with Gasteiger partial charge in [0, 0.05) is 5.56 Å². The third-order valence-electron chi connectivity index (χ3n) is 5.10. The lowest BCUT2D eigenvalue weighted by Gasteiger charge is -2.24. The largest absolute Gasteiger partial charge is 0.361 e. The second-order valence-electron chi connectivity index (χ2n) is 8.08. The molecule has 1 aromatic heterocycles. The number of nitrogens with one attached hydrogen (secondary N) is 1. The van der Waals surface area contributed by atoms with Crippen molar-refractivity contribution < 1.29 is 14.1 Å². The van der Waals surface area contributed by atoms with Crippen LogP contribution in [0.3, 0.4) is 0 Å². The summed E-state index contributed by atoms with van der Waals surface area (Å²) in [6.07, 6.45) is 0. The van der Waals surface area contributed by atoms with Crippen LogP contribution in [0.5, 0.6) is 0 Å². The van der Waals surface area contributed by atoms with E-state index in [1.54, 1.807) is 20.8 Å². The minimum atomic E-state index is -1.08. The lowest BCUT2D eigenvalue weighted by molar-refractivity contribution is -0.131. The van der Waals surface area contributed by atoms with Crippen LogP contribution in [0.4, 0.5) is 4.79 Å². The van der Waals surface area contributed by atoms with E-state index in [2.05, 4.69) is 31.2 Å². The number of amides is 3. The second kappa shape index (κ2) is 5.97. The number of benzene rings is 1. The highest BCUT2D eigenvalue weighted by atomic mass is 16.5. The third-order valence-corrected chi connectivity index (χ3v) is 5.10. The molecule has 1 aromatic carbocycles. The molecule has 1 aliphatic heterocycles. The molecule has 1 fully saturated rings. The first-order chi connectivity index (χ1) is 12.0. The molecule has 0 saturated carbocycles. The average Bonchev–Trinajstić information content (AvgIpc) is 3.00. The number of hydrogen-bond acceptors (Lipinski definition) is 4. The highest BCUT2D eigenvalue weighted by Crippen LogP contribution is 2.32. The van der Waals surface area contributed by atoms with E-state index in [9.17, 15) is 9.59 Å². The molecule has 1 N–H and O–H groups in total. The minimum absolute atomic E-state index is 0.0255. The van der Waals surface area contributed by atoms with E-state index in [0.717, 1.165) is 11.1 Å². The van der Waals surface area contributed by atoms with Crippen LogP contribution in [0, 0.1) is 13.8 Å². The number of carbonyl (C=O) groups excluding carboxylic acids is 2. The first-order valence-corrected chi connectivity index (χ1v) is 8.71. The van der Waals surface area contributed by atoms with Gasteiger partial charge in [-0.3, -0.25) is 9.69 Å². The van der Waals surface area contributed by atoms with Crippen LogP contribution in [0.2, 0.25) is 0 Å². The summed E-state index contributed by atoms with van der Waals surface area (Å²) in [5.74, 6) is 0.345. The van der Waals surface area contributed by atoms with Crippen molar-refractivity contribution in [1.29, 1.82) is 0 Å². The van der Waals surface area contributed by atoms with Gasteiger partial charge in [-0.1, -0.05) is 50.2 Å². The first kappa shape index (κ1) is 18.2. The number of carbonyl (C=O) groups is 2. The maximum atomic E-state index is 13.1. The van der Waals surface area contributed by atoms with Gasteiger partial charge < -0.3 is 9.84 Å². The fraction of sp³-hybridized carbons (Fsp3) is 0.450. The molecule has 0 spiro atoms. The number of urea groups is 1. The topological polar surface area (TPSA) is 75.4 Å². The van der Waals surface area contributed by atoms with E-state index in [-0.39, 0.29) is 17.9 Å². The van der Waals surface area contributed by atoms with Gasteiger partial charge >= 0.3 is 6.03 Å². The van der Waals surface area contributed by atoms with Crippen LogP contribution in [0.1, 0.15) is 55.8 Å². The fourth-order valence-corrected chi connectivity index (χ4v) is 3.23. The van der Waals surface area contributed by atoms with E-state index in [4.69, 9.17) is 4.52 Å². The van der Waals surface area contributed by atoms with Crippen molar-refractivity contribution in [1.82, 2.24) is 15.4 Å². The van der Waals surface area contributed by atoms with Gasteiger partial charge in [0.2, 0.25) is 0 Å². The lowest BCUT2D eigenvalue weighted by atomic mass is 9.84. The number of nitrogens with zero attached hydrogens (tertiary/aromatic N) is 2. The molecule has 138 valence electrons. The zero-order valence-electron chi connectivity index (χ0n) is 16.1. The quantitative estimate of drug-likeness (QED) is 0.854. The maximum Gasteiger partial charge on any atom is 0.325 e. The average molecular weight is 355 g/mol. The maximum absolute atomic E-state index is 13.1. The summed E-state index contributed by atoms with van der Waals surface area (Å²) < 4.78 is 5.14. The Labute approximate surface area is 153 Å². The molecule has 0 radical (unpaired) electrons. The minimum Gasteiger partial charge on any atom is -0.361 e. The Hall–Kier alpha value is -2.63. The van der Waals surface area contributed by atoms with Crippen LogP contribution in [-0.2, 0) is 22.3 Å². The van der Waals surface area contributed by atoms with Gasteiger partial charge in [-0.05, 0) is 37.3 Å². The highest BCUT2D eigenvalue weighted by molar-refractivity contribution is 6.07. The van der Waals surface area contributed by atoms with Crippen molar-refractivity contribution in [2.75, 3.05) is 0 Å². The van der Waals surface area contributed by atoms with Crippen molar-refractivity contribution >= 4 is 11.9 Å². The lowest BCUT2D eigenvalue weighted by Crippen LogP contribution is -2.40. The molecule has 1 unspecified atom stereocenters. The summed E-state index contributed by atoms with van der Waals surface area (Å²) >= 11 is 0. The Morgan fingerprint density at radius 3 is 2.27 bits per heavy atom. The highest BCUT2D eigenvalue weighted by Gasteiger charge is 2.49. The molecule has 1 aliphatic rings. The summed E-state index contributed by atoms with van der Waals surface area (Å²) in [4.78, 5) is 26.8. The van der Waals surface area contributed by atoms with Crippen molar-refractivity contribution in [3.05, 3.63) is 52.4 Å². The third kappa shape index (κ3) is 2.89. The summed E-state index contributed by atoms with van der Waals surface area (Å²) in [6.45, 7) is 11.9. The molecule has 3 amide bonds. The molecule has 6 nitrogen and oxygen atoms in total. The Bertz CT molecular complexity index is 842. The number of aryl methyl sites for hydroxylation is 2. The number of rotatable bonds is 3. The van der Waals surface area contributed by atoms with Crippen LogP contribution in [0.25, 0.3) is 0 Å². The molecule has 2 aromatic rings. The van der Waals surface area contributed by atoms with Gasteiger partial charge in [0.25, 0.3) is 5.91 Å². The van der Waals surface area contributed by atoms with Gasteiger partial charge in [0.05, 0.1) is 12.2 Å². The number of aromatic nitrogens is 1. The molecule has 26 heavy (non-hydrogen) atoms. The van der Waals surface area contributed by atoms with Crippen molar-refractivity contribution in [2.45, 2.75) is 59.0 Å². The first-order valence-electron chi connectivity index (χ1n) is 8.71. The zero-order chi connectivity index (χ0) is 19.3. The van der Waals surface area contributed by atoms with E-state index >= 15 is 0 Å². The predicted octanol–water partition coefficient (Wildman–Crippen LogP) is 3.56. The van der Waals surface area contributed by atoms with Crippen molar-refractivity contribution in [3.8, 4) is 0 Å². The molecule has 0 aliphatic carbocycles. The van der Waals surface area contributed by atoms with Crippen LogP contribution in [0.15, 0.2) is 28.8 Å². The molecule has 1 saturated heterocycles. The van der Waals surface area contributed by atoms with E-state index in [0.29, 0.717) is 11.5 Å². The summed E-state index contributed by atoms with van der Waals surface area (Å²) in [5, 5.41) is 6.73. The monoisotopic (exact) mass is 355 g/mol. The van der Waals surface area contributed by atoms with Crippen LogP contribution in [-0.4, -0.2) is 22.0 Å². The van der Waals surface area contributed by atoms with Crippen LogP contribution < -0.4 is 5.32 Å². The van der Waals surface area contributed by atoms with E-state index in [1.807, 2.05) is 24.3 Å². The smallest absolute Gasteiger partial charge is 0.325 e. The Morgan fingerprint density at radius 2 is 1.77 bits per heavy atom. The van der Waals surface area contributed by atoms with Gasteiger partial charge in [0.15, 0.2) is 0 Å². The van der Waals surface area contributed by atoms with Gasteiger partial charge in [-0.15, -0.1) is 0 Å². The normalized spacial score (nSPS) is 20.6. The molecule has 1 atom stereocenters. The fourth-order valence-electron chi connectivity index (χ4n) is 3.23. The second-order valence-corrected chi connectivity index (χ2v) is 8.08. The molecular formula is C20H25N3O3. The van der Waals surface area contributed by atoms with Crippen molar-refractivity contribution in [2.24, 2.45) is 0 Å². The Balaban J connectivity index is 1.89. The Morgan fingerprint density at radius 1 is 1.15 bits per heavy atom. The number of imide groups is 1. The molecule has 6 heteroatoms. The van der Waals surface area contributed by atoms with Gasteiger partial charge in [-0.2, -0.15) is 0 Å². The van der Waals surface area contributed by atoms with Gasteiger partial charge in [-0.25, -0.2) is 4.79 Å². The number of hydrogen-bond donors (Lipinski definition) is 1. The summed E-state index contributed by atoms with van der Waals surface area (Å²) in [6, 6.07) is 7.45. The Kier molecular flexibility index (Phi) is 4.17. The predicted molar refractivity (Wildman–Crippen MR) is 97.6 cm³/mol. The van der Waals surface area contributed by atoms with Gasteiger partial charge in [0.1, 0.15) is 11.3 Å². The standard InChI is InChI=1S/C20H25N3O3/c1-12-16(13(2)26-22-12)11-23-17(24)20(6,21-18(23)25)15-9-7-14(8-10-15)19(3,4)5/h7-10H,11H2,1-6H3,(H,21,25). The van der Waals surface area contributed by atoms with E-state index in [1.165, 1.54) is 10.5 Å². The zero-order valence-corrected chi connectivity index (χ0v) is 16.1. The van der Waals surface area contributed by atoms with E-state index < -0.39 is 11.6 Å². The molecular weight excluding hydrogens is 330 g/mol. The summed E-state index contributed by atoms with van der Waals surface area (Å²) in [5.41, 5.74) is 2.34. The molecule has 3 rings (SSSR count). The molecule has 2 heterocycles. The van der Waals surface area contributed by atoms with Crippen molar-refractivity contribution in [3.63, 3.8) is 0 Å². The SMILES string of the molecule is Cc1noc(C)c1CN1C(=O)NC(C)(c2ccc(C(C)(C)C)cc2)C1=O. The molecule has 0 bridgehead atoms. The van der Waals surface area contributed by atoms with Crippen LogP contribution >= 0.6 is 0 Å². The summed E-state index contributed by atoms with van der Waals surface area (Å²) in [7, 11) is 0.